The molecular weight excluding hydrogens is 216 g/mol. The van der Waals surface area contributed by atoms with Gasteiger partial charge in [-0.3, -0.25) is 4.79 Å². The van der Waals surface area contributed by atoms with Gasteiger partial charge in [0.2, 0.25) is 5.91 Å². The lowest BCUT2D eigenvalue weighted by molar-refractivity contribution is -0.134. The van der Waals surface area contributed by atoms with E-state index in [0.717, 1.165) is 25.9 Å². The van der Waals surface area contributed by atoms with E-state index in [4.69, 9.17) is 5.11 Å². The first-order valence-electron chi connectivity index (χ1n) is 6.76. The van der Waals surface area contributed by atoms with Gasteiger partial charge in [-0.15, -0.1) is 0 Å². The number of amides is 1. The Morgan fingerprint density at radius 3 is 2.59 bits per heavy atom. The van der Waals surface area contributed by atoms with Crippen molar-refractivity contribution in [1.82, 2.24) is 10.2 Å². The van der Waals surface area contributed by atoms with Crippen LogP contribution in [0.3, 0.4) is 0 Å². The molecule has 0 aromatic rings. The molecule has 0 aromatic carbocycles. The third-order valence-corrected chi connectivity index (χ3v) is 3.42. The van der Waals surface area contributed by atoms with Gasteiger partial charge in [0.25, 0.3) is 0 Å². The average molecular weight is 242 g/mol. The quantitative estimate of drug-likeness (QED) is 0.730. The van der Waals surface area contributed by atoms with Crippen molar-refractivity contribution in [2.24, 2.45) is 5.92 Å². The molecule has 17 heavy (non-hydrogen) atoms. The number of nitrogens with one attached hydrogen (secondary N) is 1. The topological polar surface area (TPSA) is 52.6 Å². The smallest absolute Gasteiger partial charge is 0.223 e. The van der Waals surface area contributed by atoms with Crippen molar-refractivity contribution in [1.29, 1.82) is 0 Å². The first-order valence-corrected chi connectivity index (χ1v) is 6.76. The predicted molar refractivity (Wildman–Crippen MR) is 68.8 cm³/mol. The zero-order valence-electron chi connectivity index (χ0n) is 11.1. The lowest BCUT2D eigenvalue weighted by atomic mass is 9.94. The molecule has 0 unspecified atom stereocenters. The highest BCUT2D eigenvalue weighted by Gasteiger charge is 2.22. The molecular formula is C13H26N2O2. The van der Waals surface area contributed by atoms with Gasteiger partial charge in [-0.05, 0) is 52.1 Å². The molecule has 0 saturated carbocycles. The monoisotopic (exact) mass is 242 g/mol. The van der Waals surface area contributed by atoms with E-state index in [1.807, 2.05) is 18.7 Å². The zero-order valence-corrected chi connectivity index (χ0v) is 11.1. The molecule has 0 atom stereocenters. The Hall–Kier alpha value is -0.610. The summed E-state index contributed by atoms with van der Waals surface area (Å²) in [6.45, 7) is 6.99. The van der Waals surface area contributed by atoms with Crippen LogP contribution in [0.4, 0.5) is 0 Å². The number of piperidine rings is 1. The van der Waals surface area contributed by atoms with Gasteiger partial charge in [-0.1, -0.05) is 0 Å². The number of aliphatic hydroxyl groups excluding tert-OH is 1. The van der Waals surface area contributed by atoms with E-state index < -0.39 is 0 Å². The summed E-state index contributed by atoms with van der Waals surface area (Å²) in [6.07, 6.45) is 3.57. The van der Waals surface area contributed by atoms with Crippen LogP contribution in [-0.4, -0.2) is 48.2 Å². The van der Waals surface area contributed by atoms with Crippen molar-refractivity contribution in [2.75, 3.05) is 26.2 Å². The van der Waals surface area contributed by atoms with E-state index >= 15 is 0 Å². The highest BCUT2D eigenvalue weighted by molar-refractivity contribution is 5.76. The minimum atomic E-state index is 0.157. The van der Waals surface area contributed by atoms with Gasteiger partial charge < -0.3 is 15.3 Å². The molecule has 1 fully saturated rings. The second-order valence-corrected chi connectivity index (χ2v) is 5.16. The molecule has 0 bridgehead atoms. The molecule has 1 rings (SSSR count). The minimum Gasteiger partial charge on any atom is -0.396 e. The molecule has 1 heterocycles. The van der Waals surface area contributed by atoms with Gasteiger partial charge in [0.1, 0.15) is 0 Å². The second kappa shape index (κ2) is 7.67. The Kier molecular flexibility index (Phi) is 6.52. The van der Waals surface area contributed by atoms with Crippen LogP contribution in [0.5, 0.6) is 0 Å². The van der Waals surface area contributed by atoms with Crippen LogP contribution < -0.4 is 5.32 Å². The maximum absolute atomic E-state index is 12.2. The van der Waals surface area contributed by atoms with Crippen LogP contribution in [-0.2, 0) is 4.79 Å². The highest BCUT2D eigenvalue weighted by Crippen LogP contribution is 2.18. The Morgan fingerprint density at radius 2 is 2.06 bits per heavy atom. The molecule has 0 aromatic heterocycles. The summed E-state index contributed by atoms with van der Waals surface area (Å²) in [5, 5.41) is 12.2. The van der Waals surface area contributed by atoms with Gasteiger partial charge in [-0.2, -0.15) is 0 Å². The van der Waals surface area contributed by atoms with Gasteiger partial charge in [0, 0.05) is 25.6 Å². The van der Waals surface area contributed by atoms with Crippen molar-refractivity contribution in [2.45, 2.75) is 45.6 Å². The predicted octanol–water partition coefficient (Wildman–Crippen LogP) is 0.995. The molecule has 100 valence electrons. The second-order valence-electron chi connectivity index (χ2n) is 5.16. The Bertz CT molecular complexity index is 225. The highest BCUT2D eigenvalue weighted by atomic mass is 16.3. The SMILES string of the molecule is CC(C)N(CCCO)C(=O)CC1CCNCC1. The van der Waals surface area contributed by atoms with E-state index in [1.54, 1.807) is 0 Å². The van der Waals surface area contributed by atoms with Gasteiger partial charge in [-0.25, -0.2) is 0 Å². The number of hydrogen-bond donors (Lipinski definition) is 2. The van der Waals surface area contributed by atoms with Gasteiger partial charge in [0.05, 0.1) is 0 Å². The van der Waals surface area contributed by atoms with Crippen molar-refractivity contribution >= 4 is 5.91 Å². The molecule has 1 aliphatic heterocycles. The molecule has 0 spiro atoms. The summed E-state index contributed by atoms with van der Waals surface area (Å²) in [7, 11) is 0. The standard InChI is InChI=1S/C13H26N2O2/c1-11(2)15(8-3-9-16)13(17)10-12-4-6-14-7-5-12/h11-12,14,16H,3-10H2,1-2H3. The summed E-state index contributed by atoms with van der Waals surface area (Å²) >= 11 is 0. The maximum atomic E-state index is 12.2. The first-order chi connectivity index (χ1) is 8.15. The lowest BCUT2D eigenvalue weighted by Crippen LogP contribution is -2.40. The fourth-order valence-corrected chi connectivity index (χ4v) is 2.36. The number of aliphatic hydroxyl groups is 1. The number of rotatable bonds is 6. The number of nitrogens with zero attached hydrogens (tertiary/aromatic N) is 1. The molecule has 1 saturated heterocycles. The van der Waals surface area contributed by atoms with E-state index in [0.29, 0.717) is 25.3 Å². The normalized spacial score (nSPS) is 17.4. The van der Waals surface area contributed by atoms with Crippen LogP contribution in [0.25, 0.3) is 0 Å². The van der Waals surface area contributed by atoms with Gasteiger partial charge >= 0.3 is 0 Å². The van der Waals surface area contributed by atoms with E-state index in [1.165, 1.54) is 0 Å². The third kappa shape index (κ3) is 5.04. The average Bonchev–Trinajstić information content (AvgIpc) is 2.30. The Labute approximate surface area is 104 Å². The zero-order chi connectivity index (χ0) is 12.7. The third-order valence-electron chi connectivity index (χ3n) is 3.42. The van der Waals surface area contributed by atoms with Crippen molar-refractivity contribution in [3.05, 3.63) is 0 Å². The number of carbonyl (C=O) groups is 1. The van der Waals surface area contributed by atoms with Gasteiger partial charge in [0.15, 0.2) is 0 Å². The van der Waals surface area contributed by atoms with Crippen LogP contribution in [0.1, 0.15) is 39.5 Å². The molecule has 4 nitrogen and oxygen atoms in total. The minimum absolute atomic E-state index is 0.157. The lowest BCUT2D eigenvalue weighted by Gasteiger charge is -2.30. The molecule has 4 heteroatoms. The number of hydrogen-bond acceptors (Lipinski definition) is 3. The van der Waals surface area contributed by atoms with E-state index in [9.17, 15) is 4.79 Å². The summed E-state index contributed by atoms with van der Waals surface area (Å²) in [5.74, 6) is 0.791. The molecule has 1 aliphatic rings. The summed E-state index contributed by atoms with van der Waals surface area (Å²) in [4.78, 5) is 14.1. The fourth-order valence-electron chi connectivity index (χ4n) is 2.36. The molecule has 2 N–H and O–H groups in total. The van der Waals surface area contributed by atoms with Crippen LogP contribution in [0.15, 0.2) is 0 Å². The Morgan fingerprint density at radius 1 is 1.41 bits per heavy atom. The fraction of sp³-hybridized carbons (Fsp3) is 0.923. The maximum Gasteiger partial charge on any atom is 0.223 e. The van der Waals surface area contributed by atoms with Crippen LogP contribution in [0, 0.1) is 5.92 Å². The largest absolute Gasteiger partial charge is 0.396 e. The van der Waals surface area contributed by atoms with E-state index in [-0.39, 0.29) is 18.6 Å². The molecule has 0 radical (unpaired) electrons. The summed E-state index contributed by atoms with van der Waals surface area (Å²) in [6, 6.07) is 0.232. The van der Waals surface area contributed by atoms with Crippen LogP contribution >= 0.6 is 0 Å². The van der Waals surface area contributed by atoms with Crippen LogP contribution in [0.2, 0.25) is 0 Å². The van der Waals surface area contributed by atoms with E-state index in [2.05, 4.69) is 5.32 Å². The summed E-state index contributed by atoms with van der Waals surface area (Å²) < 4.78 is 0. The van der Waals surface area contributed by atoms with Crippen molar-refractivity contribution in [3.63, 3.8) is 0 Å². The van der Waals surface area contributed by atoms with Crippen molar-refractivity contribution in [3.8, 4) is 0 Å². The Balaban J connectivity index is 2.40. The summed E-state index contributed by atoms with van der Waals surface area (Å²) in [5.41, 5.74) is 0. The molecule has 0 aliphatic carbocycles. The molecule has 1 amide bonds. The van der Waals surface area contributed by atoms with Crippen molar-refractivity contribution < 1.29 is 9.90 Å². The number of carbonyl (C=O) groups excluding carboxylic acids is 1. The first kappa shape index (κ1) is 14.5.